The number of hydrogen-bond donors (Lipinski definition) is 1. The fraction of sp³-hybridized carbons (Fsp3) is 0.269. The van der Waals surface area contributed by atoms with E-state index < -0.39 is 17.7 Å². The maximum Gasteiger partial charge on any atom is 0.290 e. The molecule has 0 fully saturated rings. The first-order valence-electron chi connectivity index (χ1n) is 11.1. The van der Waals surface area contributed by atoms with Crippen LogP contribution in [0.25, 0.3) is 0 Å². The number of ether oxygens (including phenoxy) is 2. The van der Waals surface area contributed by atoms with Gasteiger partial charge in [0.15, 0.2) is 17.3 Å². The SMILES string of the molecule is Cc1nc(C)c(C(=O)C2=C(O)C(=O)N(Cc3ccc4c(c3)OCO4)C2c2ccc(N(C)C)cc2)s1. The van der Waals surface area contributed by atoms with E-state index in [2.05, 4.69) is 4.98 Å². The number of aliphatic hydroxyl groups excluding tert-OH is 1. The number of rotatable bonds is 6. The summed E-state index contributed by atoms with van der Waals surface area (Å²) in [5, 5.41) is 11.7. The molecular weight excluding hydrogens is 466 g/mol. The number of ketones is 1. The molecule has 1 amide bonds. The Balaban J connectivity index is 1.57. The Hall–Kier alpha value is -3.85. The topological polar surface area (TPSA) is 92.2 Å². The molecule has 1 N–H and O–H groups in total. The van der Waals surface area contributed by atoms with Gasteiger partial charge in [0.05, 0.1) is 27.2 Å². The molecule has 1 unspecified atom stereocenters. The van der Waals surface area contributed by atoms with Crippen molar-refractivity contribution in [1.82, 2.24) is 9.88 Å². The van der Waals surface area contributed by atoms with Gasteiger partial charge < -0.3 is 24.4 Å². The molecule has 180 valence electrons. The number of carbonyl (C=O) groups excluding carboxylic acids is 2. The molecule has 0 bridgehead atoms. The van der Waals surface area contributed by atoms with E-state index in [9.17, 15) is 14.7 Å². The van der Waals surface area contributed by atoms with E-state index in [4.69, 9.17) is 9.47 Å². The first-order chi connectivity index (χ1) is 16.7. The molecule has 5 rings (SSSR count). The number of fused-ring (bicyclic) bond motifs is 1. The highest BCUT2D eigenvalue weighted by molar-refractivity contribution is 7.14. The van der Waals surface area contributed by atoms with Gasteiger partial charge in [0.25, 0.3) is 5.91 Å². The highest BCUT2D eigenvalue weighted by Gasteiger charge is 2.44. The van der Waals surface area contributed by atoms with Crippen molar-refractivity contribution in [2.24, 2.45) is 0 Å². The quantitative estimate of drug-likeness (QED) is 0.513. The van der Waals surface area contributed by atoms with Gasteiger partial charge in [-0.2, -0.15) is 0 Å². The van der Waals surface area contributed by atoms with Crippen LogP contribution in [0.1, 0.15) is 37.5 Å². The second-order valence-corrected chi connectivity index (χ2v) is 9.95. The van der Waals surface area contributed by atoms with Gasteiger partial charge >= 0.3 is 0 Å². The summed E-state index contributed by atoms with van der Waals surface area (Å²) >= 11 is 1.26. The third-order valence-corrected chi connectivity index (χ3v) is 7.24. The third-order valence-electron chi connectivity index (χ3n) is 6.17. The molecule has 2 aliphatic heterocycles. The predicted molar refractivity (Wildman–Crippen MR) is 132 cm³/mol. The first kappa shape index (κ1) is 22.9. The molecule has 0 saturated heterocycles. The minimum absolute atomic E-state index is 0.0695. The number of anilines is 1. The summed E-state index contributed by atoms with van der Waals surface area (Å²) in [5.74, 6) is -0.251. The van der Waals surface area contributed by atoms with E-state index in [1.165, 1.54) is 16.2 Å². The van der Waals surface area contributed by atoms with Crippen molar-refractivity contribution in [3.05, 3.63) is 80.5 Å². The van der Waals surface area contributed by atoms with Crippen LogP contribution in [0.2, 0.25) is 0 Å². The lowest BCUT2D eigenvalue weighted by molar-refractivity contribution is -0.130. The highest BCUT2D eigenvalue weighted by Crippen LogP contribution is 2.42. The smallest absolute Gasteiger partial charge is 0.290 e. The molecule has 3 heterocycles. The fourth-order valence-electron chi connectivity index (χ4n) is 4.45. The Morgan fingerprint density at radius 3 is 2.51 bits per heavy atom. The van der Waals surface area contributed by atoms with E-state index in [1.54, 1.807) is 13.0 Å². The van der Waals surface area contributed by atoms with Gasteiger partial charge in [0.1, 0.15) is 0 Å². The van der Waals surface area contributed by atoms with Gasteiger partial charge in [0, 0.05) is 26.3 Å². The van der Waals surface area contributed by atoms with Crippen molar-refractivity contribution in [2.45, 2.75) is 26.4 Å². The highest BCUT2D eigenvalue weighted by atomic mass is 32.1. The van der Waals surface area contributed by atoms with Crippen LogP contribution in [0.4, 0.5) is 5.69 Å². The van der Waals surface area contributed by atoms with Crippen molar-refractivity contribution in [3.63, 3.8) is 0 Å². The molecule has 0 saturated carbocycles. The lowest BCUT2D eigenvalue weighted by Gasteiger charge is -2.27. The number of amides is 1. The number of aromatic nitrogens is 1. The number of benzene rings is 2. The van der Waals surface area contributed by atoms with E-state index in [1.807, 2.05) is 62.3 Å². The lowest BCUT2D eigenvalue weighted by Crippen LogP contribution is -2.30. The molecular formula is C26H25N3O5S. The van der Waals surface area contributed by atoms with Gasteiger partial charge in [-0.1, -0.05) is 18.2 Å². The summed E-state index contributed by atoms with van der Waals surface area (Å²) in [6, 6.07) is 12.3. The van der Waals surface area contributed by atoms with Crippen molar-refractivity contribution in [2.75, 3.05) is 25.8 Å². The lowest BCUT2D eigenvalue weighted by atomic mass is 9.94. The minimum atomic E-state index is -0.751. The monoisotopic (exact) mass is 491 g/mol. The molecule has 1 atom stereocenters. The molecule has 8 nitrogen and oxygen atoms in total. The molecule has 1 aromatic heterocycles. The summed E-state index contributed by atoms with van der Waals surface area (Å²) in [7, 11) is 3.88. The second-order valence-electron chi connectivity index (χ2n) is 8.75. The molecule has 9 heteroatoms. The third kappa shape index (κ3) is 4.01. The van der Waals surface area contributed by atoms with Gasteiger partial charge in [-0.05, 0) is 49.2 Å². The second kappa shape index (κ2) is 8.74. The van der Waals surface area contributed by atoms with Gasteiger partial charge in [-0.3, -0.25) is 9.59 Å². The molecule has 0 spiro atoms. The van der Waals surface area contributed by atoms with Crippen LogP contribution in [-0.4, -0.2) is 47.6 Å². The van der Waals surface area contributed by atoms with Gasteiger partial charge in [-0.25, -0.2) is 4.98 Å². The van der Waals surface area contributed by atoms with Crippen LogP contribution >= 0.6 is 11.3 Å². The molecule has 35 heavy (non-hydrogen) atoms. The van der Waals surface area contributed by atoms with E-state index >= 15 is 0 Å². The number of Topliss-reactive ketones (excluding diaryl/α,β-unsaturated/α-hetero) is 1. The molecule has 0 radical (unpaired) electrons. The summed E-state index contributed by atoms with van der Waals surface area (Å²) in [5.41, 5.74) is 3.16. The zero-order valence-electron chi connectivity index (χ0n) is 19.9. The van der Waals surface area contributed by atoms with E-state index in [0.29, 0.717) is 22.1 Å². The first-order valence-corrected chi connectivity index (χ1v) is 11.9. The maximum atomic E-state index is 13.7. The molecule has 2 aromatic carbocycles. The molecule has 3 aromatic rings. The minimum Gasteiger partial charge on any atom is -0.503 e. The van der Waals surface area contributed by atoms with Crippen LogP contribution in [-0.2, 0) is 11.3 Å². The summed E-state index contributed by atoms with van der Waals surface area (Å²) < 4.78 is 10.9. The van der Waals surface area contributed by atoms with E-state index in [-0.39, 0.29) is 24.7 Å². The van der Waals surface area contributed by atoms with Crippen molar-refractivity contribution >= 4 is 28.7 Å². The Morgan fingerprint density at radius 1 is 1.14 bits per heavy atom. The number of nitrogens with zero attached hydrogens (tertiary/aromatic N) is 3. The fourth-order valence-corrected chi connectivity index (χ4v) is 5.32. The standard InChI is InChI=1S/C26H25N3O5S/c1-14-25(35-15(2)27-14)23(30)21-22(17-6-8-18(9-7-17)28(3)4)29(26(32)24(21)31)12-16-5-10-19-20(11-16)34-13-33-19/h5-11,22,31H,12-13H2,1-4H3. The Kier molecular flexibility index (Phi) is 5.72. The molecule has 0 aliphatic carbocycles. The summed E-state index contributed by atoms with van der Waals surface area (Å²) in [6.45, 7) is 3.91. The van der Waals surface area contributed by atoms with Gasteiger partial charge in [-0.15, -0.1) is 11.3 Å². The normalized spacial score (nSPS) is 16.9. The summed E-state index contributed by atoms with van der Waals surface area (Å²) in [4.78, 5) is 35.3. The Morgan fingerprint density at radius 2 is 1.86 bits per heavy atom. The van der Waals surface area contributed by atoms with Crippen LogP contribution in [0.3, 0.4) is 0 Å². The van der Waals surface area contributed by atoms with Crippen LogP contribution in [0.5, 0.6) is 11.5 Å². The van der Waals surface area contributed by atoms with Gasteiger partial charge in [0.2, 0.25) is 12.6 Å². The number of aryl methyl sites for hydroxylation is 2. The number of carbonyl (C=O) groups is 2. The number of thiazole rings is 1. The van der Waals surface area contributed by atoms with Crippen molar-refractivity contribution in [3.8, 4) is 11.5 Å². The van der Waals surface area contributed by atoms with Crippen LogP contribution in [0, 0.1) is 13.8 Å². The zero-order chi connectivity index (χ0) is 24.9. The van der Waals surface area contributed by atoms with E-state index in [0.717, 1.165) is 21.8 Å². The predicted octanol–water partition coefficient (Wildman–Crippen LogP) is 4.33. The van der Waals surface area contributed by atoms with Crippen LogP contribution < -0.4 is 14.4 Å². The average Bonchev–Trinajstić information content (AvgIpc) is 3.50. The number of aliphatic hydroxyl groups is 1. The van der Waals surface area contributed by atoms with Crippen molar-refractivity contribution < 1.29 is 24.2 Å². The maximum absolute atomic E-state index is 13.7. The zero-order valence-corrected chi connectivity index (χ0v) is 20.7. The van der Waals surface area contributed by atoms with Crippen LogP contribution in [0.15, 0.2) is 53.8 Å². The number of hydrogen-bond acceptors (Lipinski definition) is 8. The Labute approximate surface area is 207 Å². The van der Waals surface area contributed by atoms with Crippen molar-refractivity contribution in [1.29, 1.82) is 0 Å². The molecule has 2 aliphatic rings. The Bertz CT molecular complexity index is 1360. The largest absolute Gasteiger partial charge is 0.503 e. The summed E-state index contributed by atoms with van der Waals surface area (Å²) in [6.07, 6.45) is 0. The average molecular weight is 492 g/mol.